The summed E-state index contributed by atoms with van der Waals surface area (Å²) in [7, 11) is 4.35. The molecule has 0 radical (unpaired) electrons. The van der Waals surface area contributed by atoms with Crippen molar-refractivity contribution in [3.05, 3.63) is 33.9 Å². The molecule has 0 aliphatic rings. The fourth-order valence-electron chi connectivity index (χ4n) is 3.16. The molecule has 1 aromatic carbocycles. The predicted octanol–water partition coefficient (Wildman–Crippen LogP) is 3.51. The van der Waals surface area contributed by atoms with Gasteiger partial charge in [-0.25, -0.2) is 0 Å². The van der Waals surface area contributed by atoms with Crippen molar-refractivity contribution in [1.82, 2.24) is 4.90 Å². The quantitative estimate of drug-likeness (QED) is 0.880. The van der Waals surface area contributed by atoms with Crippen LogP contribution < -0.4 is 5.73 Å². The van der Waals surface area contributed by atoms with E-state index in [0.717, 1.165) is 13.0 Å². The van der Waals surface area contributed by atoms with Gasteiger partial charge in [-0.1, -0.05) is 13.0 Å². The number of rotatable bonds is 5. The fraction of sp³-hybridized carbons (Fsp3) is 0.647. The van der Waals surface area contributed by atoms with E-state index in [0.29, 0.717) is 12.0 Å². The van der Waals surface area contributed by atoms with Gasteiger partial charge in [-0.3, -0.25) is 0 Å². The Balaban J connectivity index is 3.38. The van der Waals surface area contributed by atoms with E-state index in [1.54, 1.807) is 0 Å². The molecule has 0 aliphatic carbocycles. The van der Waals surface area contributed by atoms with E-state index in [-0.39, 0.29) is 0 Å². The van der Waals surface area contributed by atoms with Crippen molar-refractivity contribution in [2.24, 2.45) is 11.7 Å². The highest BCUT2D eigenvalue weighted by Crippen LogP contribution is 2.35. The Morgan fingerprint density at radius 3 is 1.89 bits per heavy atom. The highest BCUT2D eigenvalue weighted by Gasteiger charge is 2.25. The molecule has 19 heavy (non-hydrogen) atoms. The molecule has 0 spiro atoms. The molecule has 0 heterocycles. The monoisotopic (exact) mass is 262 g/mol. The van der Waals surface area contributed by atoms with Gasteiger partial charge in [-0.2, -0.15) is 0 Å². The van der Waals surface area contributed by atoms with Gasteiger partial charge >= 0.3 is 0 Å². The Morgan fingerprint density at radius 1 is 1.05 bits per heavy atom. The van der Waals surface area contributed by atoms with Gasteiger partial charge in [-0.05, 0) is 88.5 Å². The van der Waals surface area contributed by atoms with Crippen LogP contribution >= 0.6 is 0 Å². The highest BCUT2D eigenvalue weighted by molar-refractivity contribution is 5.46. The zero-order chi connectivity index (χ0) is 14.7. The van der Waals surface area contributed by atoms with Crippen LogP contribution in [-0.4, -0.2) is 25.5 Å². The first kappa shape index (κ1) is 16.2. The minimum atomic E-state index is 0.446. The van der Waals surface area contributed by atoms with Gasteiger partial charge in [0.1, 0.15) is 0 Å². The number of aryl methyl sites for hydroxylation is 2. The van der Waals surface area contributed by atoms with E-state index in [2.05, 4.69) is 59.7 Å². The van der Waals surface area contributed by atoms with Gasteiger partial charge in [0.15, 0.2) is 0 Å². The molecule has 0 fully saturated rings. The van der Waals surface area contributed by atoms with Crippen LogP contribution in [0.5, 0.6) is 0 Å². The Bertz CT molecular complexity index is 409. The van der Waals surface area contributed by atoms with Crippen LogP contribution in [0.3, 0.4) is 0 Å². The molecule has 0 saturated heterocycles. The Labute approximate surface area is 119 Å². The molecule has 1 rings (SSSR count). The summed E-state index contributed by atoms with van der Waals surface area (Å²) < 4.78 is 0. The van der Waals surface area contributed by atoms with Crippen LogP contribution in [0, 0.1) is 33.6 Å². The van der Waals surface area contributed by atoms with Crippen molar-refractivity contribution >= 4 is 0 Å². The third kappa shape index (κ3) is 3.37. The Kier molecular flexibility index (Phi) is 5.57. The van der Waals surface area contributed by atoms with Crippen LogP contribution in [0.1, 0.15) is 47.2 Å². The molecule has 108 valence electrons. The van der Waals surface area contributed by atoms with E-state index in [1.165, 1.54) is 27.8 Å². The maximum atomic E-state index is 5.76. The third-order valence-corrected chi connectivity index (χ3v) is 4.44. The molecular weight excluding hydrogens is 232 g/mol. The summed E-state index contributed by atoms with van der Waals surface area (Å²) in [6, 6.07) is 2.75. The lowest BCUT2D eigenvalue weighted by molar-refractivity contribution is 0.215. The van der Waals surface area contributed by atoms with Gasteiger partial charge in [-0.15, -0.1) is 0 Å². The van der Waals surface area contributed by atoms with Crippen LogP contribution in [0.4, 0.5) is 0 Å². The van der Waals surface area contributed by atoms with Gasteiger partial charge in [0, 0.05) is 6.04 Å². The largest absolute Gasteiger partial charge is 0.330 e. The van der Waals surface area contributed by atoms with E-state index in [4.69, 9.17) is 5.73 Å². The number of nitrogens with zero attached hydrogens (tertiary/aromatic N) is 1. The lowest BCUT2D eigenvalue weighted by Crippen LogP contribution is -2.29. The maximum absolute atomic E-state index is 5.76. The molecule has 2 nitrogen and oxygen atoms in total. The molecule has 2 heteroatoms. The molecule has 0 saturated carbocycles. The SMILES string of the molecule is Cc1cc(C)c(C)c(C(C(C)CCN)N(C)C)c1C. The highest BCUT2D eigenvalue weighted by atomic mass is 15.1. The van der Waals surface area contributed by atoms with Crippen LogP contribution in [0.15, 0.2) is 6.07 Å². The molecular formula is C17H30N2. The maximum Gasteiger partial charge on any atom is 0.0373 e. The van der Waals surface area contributed by atoms with Crippen molar-refractivity contribution in [1.29, 1.82) is 0 Å². The summed E-state index contributed by atoms with van der Waals surface area (Å²) in [5, 5.41) is 0. The Hall–Kier alpha value is -0.860. The number of nitrogens with two attached hydrogens (primary N) is 1. The van der Waals surface area contributed by atoms with Crippen LogP contribution in [-0.2, 0) is 0 Å². The van der Waals surface area contributed by atoms with Crippen LogP contribution in [0.2, 0.25) is 0 Å². The van der Waals surface area contributed by atoms with Crippen molar-refractivity contribution in [3.8, 4) is 0 Å². The summed E-state index contributed by atoms with van der Waals surface area (Å²) in [5.74, 6) is 0.568. The molecule has 2 atom stereocenters. The van der Waals surface area contributed by atoms with Gasteiger partial charge in [0.2, 0.25) is 0 Å². The Morgan fingerprint density at radius 2 is 1.53 bits per heavy atom. The van der Waals surface area contributed by atoms with Gasteiger partial charge in [0.05, 0.1) is 0 Å². The summed E-state index contributed by atoms with van der Waals surface area (Å²) in [5.41, 5.74) is 12.9. The topological polar surface area (TPSA) is 29.3 Å². The zero-order valence-electron chi connectivity index (χ0n) is 13.7. The first-order chi connectivity index (χ1) is 8.81. The average Bonchev–Trinajstić information content (AvgIpc) is 2.31. The minimum absolute atomic E-state index is 0.446. The second-order valence-electron chi connectivity index (χ2n) is 6.14. The van der Waals surface area contributed by atoms with Crippen molar-refractivity contribution in [3.63, 3.8) is 0 Å². The molecule has 2 N–H and O–H groups in total. The molecule has 0 aliphatic heterocycles. The van der Waals surface area contributed by atoms with E-state index >= 15 is 0 Å². The average molecular weight is 262 g/mol. The van der Waals surface area contributed by atoms with Crippen molar-refractivity contribution in [2.75, 3.05) is 20.6 Å². The van der Waals surface area contributed by atoms with E-state index < -0.39 is 0 Å². The van der Waals surface area contributed by atoms with Crippen LogP contribution in [0.25, 0.3) is 0 Å². The summed E-state index contributed by atoms with van der Waals surface area (Å²) in [4.78, 5) is 2.34. The standard InChI is InChI=1S/C17H30N2/c1-11(8-9-18)17(19(6)7)16-14(4)12(2)10-13(3)15(16)5/h10-11,17H,8-9,18H2,1-7H3. The fourth-order valence-corrected chi connectivity index (χ4v) is 3.16. The first-order valence-electron chi connectivity index (χ1n) is 7.25. The molecule has 0 bridgehead atoms. The van der Waals surface area contributed by atoms with Crippen molar-refractivity contribution < 1.29 is 0 Å². The smallest absolute Gasteiger partial charge is 0.0373 e. The summed E-state index contributed by atoms with van der Waals surface area (Å²) in [6.45, 7) is 12.0. The minimum Gasteiger partial charge on any atom is -0.330 e. The summed E-state index contributed by atoms with van der Waals surface area (Å²) in [6.07, 6.45) is 1.06. The zero-order valence-corrected chi connectivity index (χ0v) is 13.7. The lowest BCUT2D eigenvalue weighted by Gasteiger charge is -2.34. The van der Waals surface area contributed by atoms with E-state index in [9.17, 15) is 0 Å². The second-order valence-corrected chi connectivity index (χ2v) is 6.14. The van der Waals surface area contributed by atoms with Gasteiger partial charge < -0.3 is 10.6 Å². The van der Waals surface area contributed by atoms with Crippen molar-refractivity contribution in [2.45, 2.75) is 47.1 Å². The molecule has 0 aromatic heterocycles. The number of hydrogen-bond acceptors (Lipinski definition) is 2. The second kappa shape index (κ2) is 6.53. The first-order valence-corrected chi connectivity index (χ1v) is 7.25. The molecule has 2 unspecified atom stereocenters. The lowest BCUT2D eigenvalue weighted by atomic mass is 9.83. The predicted molar refractivity (Wildman–Crippen MR) is 84.7 cm³/mol. The normalized spacial score (nSPS) is 14.8. The molecule has 0 amide bonds. The van der Waals surface area contributed by atoms with E-state index in [1.807, 2.05) is 0 Å². The third-order valence-electron chi connectivity index (χ3n) is 4.44. The molecule has 1 aromatic rings. The summed E-state index contributed by atoms with van der Waals surface area (Å²) >= 11 is 0. The van der Waals surface area contributed by atoms with Gasteiger partial charge in [0.25, 0.3) is 0 Å². The number of hydrogen-bond donors (Lipinski definition) is 1. The number of benzene rings is 1.